The van der Waals surface area contributed by atoms with E-state index < -0.39 is 11.4 Å². The maximum Gasteiger partial charge on any atom is 0.311 e. The molecule has 0 unspecified atom stereocenters. The Hall–Kier alpha value is -0.610. The number of carboxylic acid groups (broad SMARTS) is 1. The molecule has 0 radical (unpaired) electrons. The number of ether oxygens (including phenoxy) is 1. The summed E-state index contributed by atoms with van der Waals surface area (Å²) in [6, 6.07) is 0. The number of rotatable bonds is 6. The lowest BCUT2D eigenvalue weighted by Gasteiger charge is -2.36. The molecule has 0 aromatic heterocycles. The molecule has 1 heterocycles. The van der Waals surface area contributed by atoms with Crippen LogP contribution in [0.1, 0.15) is 33.1 Å². The van der Waals surface area contributed by atoms with Gasteiger partial charge < -0.3 is 14.7 Å². The minimum atomic E-state index is -0.669. The summed E-state index contributed by atoms with van der Waals surface area (Å²) in [6.07, 6.45) is 2.38. The van der Waals surface area contributed by atoms with E-state index >= 15 is 0 Å². The van der Waals surface area contributed by atoms with E-state index in [4.69, 9.17) is 4.74 Å². The van der Waals surface area contributed by atoms with Gasteiger partial charge >= 0.3 is 5.97 Å². The number of nitrogens with zero attached hydrogens (tertiary/aromatic N) is 1. The van der Waals surface area contributed by atoms with Crippen molar-refractivity contribution in [3.63, 3.8) is 0 Å². The van der Waals surface area contributed by atoms with Crippen LogP contribution in [0.4, 0.5) is 0 Å². The fourth-order valence-corrected chi connectivity index (χ4v) is 2.28. The molecule has 1 saturated heterocycles. The minimum Gasteiger partial charge on any atom is -0.481 e. The molecule has 0 aromatic rings. The van der Waals surface area contributed by atoms with Gasteiger partial charge in [0.05, 0.1) is 5.41 Å². The maximum absolute atomic E-state index is 11.5. The van der Waals surface area contributed by atoms with Crippen molar-refractivity contribution in [2.45, 2.75) is 33.1 Å². The topological polar surface area (TPSA) is 49.8 Å². The Balaban J connectivity index is 2.51. The van der Waals surface area contributed by atoms with E-state index in [0.717, 1.165) is 13.0 Å². The van der Waals surface area contributed by atoms with Gasteiger partial charge in [-0.25, -0.2) is 0 Å². The average molecular weight is 243 g/mol. The van der Waals surface area contributed by atoms with E-state index in [1.807, 2.05) is 7.05 Å². The molecule has 4 heteroatoms. The van der Waals surface area contributed by atoms with Crippen molar-refractivity contribution in [3.05, 3.63) is 0 Å². The van der Waals surface area contributed by atoms with Gasteiger partial charge in [0, 0.05) is 19.8 Å². The summed E-state index contributed by atoms with van der Waals surface area (Å²) in [5, 5.41) is 9.43. The van der Waals surface area contributed by atoms with Crippen LogP contribution >= 0.6 is 0 Å². The zero-order chi connectivity index (χ0) is 12.9. The van der Waals surface area contributed by atoms with Gasteiger partial charge in [0.2, 0.25) is 0 Å². The van der Waals surface area contributed by atoms with Crippen LogP contribution in [0.3, 0.4) is 0 Å². The van der Waals surface area contributed by atoms with E-state index in [1.54, 1.807) is 0 Å². The van der Waals surface area contributed by atoms with Crippen LogP contribution in [0.15, 0.2) is 0 Å². The van der Waals surface area contributed by atoms with Crippen LogP contribution in [0.5, 0.6) is 0 Å². The molecule has 4 nitrogen and oxygen atoms in total. The Morgan fingerprint density at radius 3 is 2.47 bits per heavy atom. The summed E-state index contributed by atoms with van der Waals surface area (Å²) in [5.41, 5.74) is -0.593. The fourth-order valence-electron chi connectivity index (χ4n) is 2.28. The second kappa shape index (κ2) is 6.36. The van der Waals surface area contributed by atoms with Crippen molar-refractivity contribution in [2.24, 2.45) is 11.3 Å². The molecule has 0 aliphatic carbocycles. The van der Waals surface area contributed by atoms with Crippen LogP contribution in [0, 0.1) is 11.3 Å². The molecule has 17 heavy (non-hydrogen) atoms. The van der Waals surface area contributed by atoms with Crippen molar-refractivity contribution in [1.82, 2.24) is 4.90 Å². The Bertz CT molecular complexity index is 247. The largest absolute Gasteiger partial charge is 0.481 e. The molecule has 0 saturated carbocycles. The highest BCUT2D eigenvalue weighted by atomic mass is 16.5. The molecule has 0 spiro atoms. The van der Waals surface area contributed by atoms with Crippen molar-refractivity contribution in [3.8, 4) is 0 Å². The molecular formula is C13H25NO3. The first-order valence-corrected chi connectivity index (χ1v) is 6.46. The van der Waals surface area contributed by atoms with Crippen molar-refractivity contribution in [1.29, 1.82) is 0 Å². The van der Waals surface area contributed by atoms with Crippen LogP contribution in [-0.2, 0) is 9.53 Å². The first-order chi connectivity index (χ1) is 7.96. The van der Waals surface area contributed by atoms with Crippen LogP contribution in [-0.4, -0.2) is 49.3 Å². The van der Waals surface area contributed by atoms with Gasteiger partial charge in [0.25, 0.3) is 0 Å². The van der Waals surface area contributed by atoms with Crippen molar-refractivity contribution >= 4 is 5.97 Å². The predicted molar refractivity (Wildman–Crippen MR) is 67.1 cm³/mol. The highest BCUT2D eigenvalue weighted by molar-refractivity contribution is 5.75. The van der Waals surface area contributed by atoms with E-state index in [1.165, 1.54) is 0 Å². The smallest absolute Gasteiger partial charge is 0.311 e. The van der Waals surface area contributed by atoms with Crippen LogP contribution in [0.25, 0.3) is 0 Å². The fraction of sp³-hybridized carbons (Fsp3) is 0.923. The monoisotopic (exact) mass is 243 g/mol. The minimum absolute atomic E-state index is 0.574. The van der Waals surface area contributed by atoms with Crippen molar-refractivity contribution in [2.75, 3.05) is 33.4 Å². The van der Waals surface area contributed by atoms with Gasteiger partial charge in [0.1, 0.15) is 0 Å². The van der Waals surface area contributed by atoms with Gasteiger partial charge in [-0.15, -0.1) is 0 Å². The first-order valence-electron chi connectivity index (χ1n) is 6.46. The normalized spacial score (nSPS) is 19.8. The third kappa shape index (κ3) is 4.28. The number of carbonyl (C=O) groups is 1. The molecular weight excluding hydrogens is 218 g/mol. The first kappa shape index (κ1) is 14.5. The molecule has 0 amide bonds. The molecule has 0 atom stereocenters. The number of aliphatic carboxylic acids is 1. The molecule has 1 rings (SSSR count). The molecule has 100 valence electrons. The summed E-state index contributed by atoms with van der Waals surface area (Å²) in [5.74, 6) is -0.00915. The summed E-state index contributed by atoms with van der Waals surface area (Å²) in [4.78, 5) is 13.6. The highest BCUT2D eigenvalue weighted by Crippen LogP contribution is 2.31. The summed E-state index contributed by atoms with van der Waals surface area (Å²) in [7, 11) is 2.02. The Morgan fingerprint density at radius 1 is 1.41 bits per heavy atom. The molecule has 1 fully saturated rings. The lowest BCUT2D eigenvalue weighted by atomic mass is 9.80. The average Bonchev–Trinajstić information content (AvgIpc) is 2.27. The quantitative estimate of drug-likeness (QED) is 0.773. The van der Waals surface area contributed by atoms with E-state index in [0.29, 0.717) is 38.5 Å². The number of hydrogen-bond acceptors (Lipinski definition) is 3. The van der Waals surface area contributed by atoms with Crippen LogP contribution in [0.2, 0.25) is 0 Å². The SMILES string of the molecule is CC(C)CCN(C)CC1(C(=O)O)CCOCC1. The van der Waals surface area contributed by atoms with Crippen LogP contribution < -0.4 is 0 Å². The molecule has 0 aromatic carbocycles. The van der Waals surface area contributed by atoms with E-state index in [-0.39, 0.29) is 0 Å². The molecule has 1 N–H and O–H groups in total. The summed E-state index contributed by atoms with van der Waals surface area (Å²) < 4.78 is 5.27. The third-order valence-corrected chi connectivity index (χ3v) is 3.56. The zero-order valence-corrected chi connectivity index (χ0v) is 11.2. The molecule has 1 aliphatic rings. The zero-order valence-electron chi connectivity index (χ0n) is 11.2. The number of carboxylic acids is 1. The lowest BCUT2D eigenvalue weighted by Crippen LogP contribution is -2.45. The van der Waals surface area contributed by atoms with Gasteiger partial charge in [-0.2, -0.15) is 0 Å². The van der Waals surface area contributed by atoms with Gasteiger partial charge in [0.15, 0.2) is 0 Å². The van der Waals surface area contributed by atoms with Crippen molar-refractivity contribution < 1.29 is 14.6 Å². The second-order valence-electron chi connectivity index (χ2n) is 5.62. The highest BCUT2D eigenvalue weighted by Gasteiger charge is 2.40. The summed E-state index contributed by atoms with van der Waals surface area (Å²) >= 11 is 0. The maximum atomic E-state index is 11.5. The Kier molecular flexibility index (Phi) is 5.40. The molecule has 0 bridgehead atoms. The van der Waals surface area contributed by atoms with Gasteiger partial charge in [-0.3, -0.25) is 4.79 Å². The Labute approximate surface area is 104 Å². The number of hydrogen-bond donors (Lipinski definition) is 1. The van der Waals surface area contributed by atoms with Gasteiger partial charge in [-0.1, -0.05) is 13.8 Å². The lowest BCUT2D eigenvalue weighted by molar-refractivity contribution is -0.156. The standard InChI is InChI=1S/C13H25NO3/c1-11(2)4-7-14(3)10-13(12(15)16)5-8-17-9-6-13/h11H,4-10H2,1-3H3,(H,15,16). The summed E-state index contributed by atoms with van der Waals surface area (Å²) in [6.45, 7) is 7.13. The van der Waals surface area contributed by atoms with E-state index in [2.05, 4.69) is 18.7 Å². The van der Waals surface area contributed by atoms with E-state index in [9.17, 15) is 9.90 Å². The molecule has 1 aliphatic heterocycles. The predicted octanol–water partition coefficient (Wildman–Crippen LogP) is 1.85. The third-order valence-electron chi connectivity index (χ3n) is 3.56. The Morgan fingerprint density at radius 2 is 2.00 bits per heavy atom. The second-order valence-corrected chi connectivity index (χ2v) is 5.62. The van der Waals surface area contributed by atoms with Gasteiger partial charge in [-0.05, 0) is 38.8 Å².